The summed E-state index contributed by atoms with van der Waals surface area (Å²) in [5.74, 6) is -4.91. The standard InChI is InChI=1S/C18H23F2O8P.2Na/c1-24-14-8-12(9-15(25-2)16(14)26-3)10-18(19,20)13-6-5-7-17(11-13,27-4)28-29(21,22)23;;/h5-6,8-9,11H,7,10H2,1-4H3,(H2,21,22,23);;/q;2*+1/p-2. The van der Waals surface area contributed by atoms with Crippen molar-refractivity contribution in [2.24, 2.45) is 0 Å². The molecule has 0 aliphatic heterocycles. The Balaban J connectivity index is 0.00000450. The molecule has 0 aromatic heterocycles. The molecule has 162 valence electrons. The molecule has 0 fully saturated rings. The number of phosphoric acid groups is 1. The van der Waals surface area contributed by atoms with Gasteiger partial charge in [-0.05, 0) is 23.8 Å². The Kier molecular flexibility index (Phi) is 12.5. The van der Waals surface area contributed by atoms with E-state index in [1.54, 1.807) is 0 Å². The fraction of sp³-hybridized carbons (Fsp3) is 0.444. The molecule has 0 N–H and O–H groups in total. The van der Waals surface area contributed by atoms with Crippen LogP contribution in [0.2, 0.25) is 0 Å². The van der Waals surface area contributed by atoms with Crippen molar-refractivity contribution in [3.63, 3.8) is 0 Å². The first-order valence-electron chi connectivity index (χ1n) is 8.33. The molecular weight excluding hydrogens is 459 g/mol. The van der Waals surface area contributed by atoms with Gasteiger partial charge in [0.2, 0.25) is 5.75 Å². The van der Waals surface area contributed by atoms with Gasteiger partial charge < -0.3 is 37.8 Å². The van der Waals surface area contributed by atoms with Gasteiger partial charge in [0, 0.05) is 25.5 Å². The number of phosphoric ester groups is 1. The SMILES string of the molecule is COc1cc(CC(F)(F)C2=CC(OC)(OP(=O)([O-])[O-])CC=C2)cc(OC)c1OC.[Na+].[Na+]. The van der Waals surface area contributed by atoms with E-state index in [-0.39, 0.29) is 88.3 Å². The monoisotopic (exact) mass is 480 g/mol. The Labute approximate surface area is 223 Å². The van der Waals surface area contributed by atoms with E-state index in [0.29, 0.717) is 0 Å². The molecule has 0 saturated carbocycles. The number of alkyl halides is 2. The average Bonchev–Trinajstić information content (AvgIpc) is 2.65. The second-order valence-corrected chi connectivity index (χ2v) is 7.25. The molecule has 13 heteroatoms. The summed E-state index contributed by atoms with van der Waals surface area (Å²) in [4.78, 5) is 22.0. The van der Waals surface area contributed by atoms with Gasteiger partial charge >= 0.3 is 59.1 Å². The Morgan fingerprint density at radius 3 is 2.03 bits per heavy atom. The van der Waals surface area contributed by atoms with E-state index < -0.39 is 31.5 Å². The minimum Gasteiger partial charge on any atom is -0.790 e. The molecule has 0 radical (unpaired) electrons. The van der Waals surface area contributed by atoms with Gasteiger partial charge in [0.15, 0.2) is 17.3 Å². The van der Waals surface area contributed by atoms with Crippen molar-refractivity contribution < 1.29 is 106 Å². The van der Waals surface area contributed by atoms with Gasteiger partial charge in [-0.25, -0.2) is 8.78 Å². The zero-order valence-electron chi connectivity index (χ0n) is 18.3. The summed E-state index contributed by atoms with van der Waals surface area (Å²) in [5.41, 5.74) is -0.389. The first-order chi connectivity index (χ1) is 13.5. The number of hydrogen-bond acceptors (Lipinski definition) is 8. The van der Waals surface area contributed by atoms with Crippen LogP contribution in [0.4, 0.5) is 8.78 Å². The minimum absolute atomic E-state index is 0. The van der Waals surface area contributed by atoms with Crippen LogP contribution < -0.4 is 83.1 Å². The van der Waals surface area contributed by atoms with Crippen LogP contribution in [-0.2, 0) is 20.2 Å². The molecule has 2 rings (SSSR count). The van der Waals surface area contributed by atoms with E-state index in [0.717, 1.165) is 19.3 Å². The van der Waals surface area contributed by atoms with Crippen molar-refractivity contribution in [1.82, 2.24) is 0 Å². The molecule has 0 saturated heterocycles. The van der Waals surface area contributed by atoms with Gasteiger partial charge in [0.25, 0.3) is 5.92 Å². The molecule has 1 atom stereocenters. The van der Waals surface area contributed by atoms with Crippen molar-refractivity contribution in [3.8, 4) is 17.2 Å². The molecule has 1 aliphatic carbocycles. The van der Waals surface area contributed by atoms with Crippen molar-refractivity contribution in [1.29, 1.82) is 0 Å². The average molecular weight is 480 g/mol. The van der Waals surface area contributed by atoms with Gasteiger partial charge in [0.1, 0.15) is 0 Å². The van der Waals surface area contributed by atoms with E-state index in [1.807, 2.05) is 0 Å². The van der Waals surface area contributed by atoms with Crippen LogP contribution in [0, 0.1) is 0 Å². The third-order valence-electron chi connectivity index (χ3n) is 4.26. The normalized spacial score (nSPS) is 18.4. The van der Waals surface area contributed by atoms with Crippen molar-refractivity contribution in [2.75, 3.05) is 28.4 Å². The Bertz CT molecular complexity index is 834. The Morgan fingerprint density at radius 2 is 1.61 bits per heavy atom. The number of methoxy groups -OCH3 is 4. The van der Waals surface area contributed by atoms with Gasteiger partial charge in [-0.1, -0.05) is 12.2 Å². The number of rotatable bonds is 9. The topological polar surface area (TPSA) is 109 Å². The van der Waals surface area contributed by atoms with E-state index in [9.17, 15) is 23.1 Å². The van der Waals surface area contributed by atoms with Crippen LogP contribution in [0.25, 0.3) is 0 Å². The molecule has 0 amide bonds. The van der Waals surface area contributed by atoms with E-state index in [2.05, 4.69) is 4.52 Å². The first kappa shape index (κ1) is 31.0. The second kappa shape index (κ2) is 12.5. The van der Waals surface area contributed by atoms with Gasteiger partial charge in [-0.15, -0.1) is 0 Å². The minimum atomic E-state index is -5.49. The predicted octanol–water partition coefficient (Wildman–Crippen LogP) is -4.03. The summed E-state index contributed by atoms with van der Waals surface area (Å²) in [7, 11) is -0.319. The zero-order valence-corrected chi connectivity index (χ0v) is 23.2. The maximum Gasteiger partial charge on any atom is 1.00 e. The second-order valence-electron chi connectivity index (χ2n) is 6.18. The maximum absolute atomic E-state index is 15.0. The fourth-order valence-electron chi connectivity index (χ4n) is 2.95. The molecule has 0 spiro atoms. The maximum atomic E-state index is 15.0. The molecule has 0 bridgehead atoms. The molecule has 1 unspecified atom stereocenters. The summed E-state index contributed by atoms with van der Waals surface area (Å²) in [6, 6.07) is 2.76. The number of halogens is 2. The summed E-state index contributed by atoms with van der Waals surface area (Å²) in [6.07, 6.45) is 2.18. The van der Waals surface area contributed by atoms with Gasteiger partial charge in [-0.3, -0.25) is 0 Å². The molecule has 1 aliphatic rings. The molecule has 8 nitrogen and oxygen atoms in total. The Hall–Kier alpha value is 0.0300. The molecule has 1 aromatic rings. The van der Waals surface area contributed by atoms with E-state index >= 15 is 0 Å². The van der Waals surface area contributed by atoms with Crippen LogP contribution in [0.3, 0.4) is 0 Å². The van der Waals surface area contributed by atoms with Gasteiger partial charge in [-0.2, -0.15) is 0 Å². The zero-order chi connectivity index (χ0) is 21.9. The van der Waals surface area contributed by atoms with Crippen molar-refractivity contribution in [3.05, 3.63) is 41.5 Å². The Morgan fingerprint density at radius 1 is 1.06 bits per heavy atom. The van der Waals surface area contributed by atoms with E-state index in [1.165, 1.54) is 39.5 Å². The van der Waals surface area contributed by atoms with Crippen LogP contribution in [0.5, 0.6) is 17.2 Å². The quantitative estimate of drug-likeness (QED) is 0.200. The smallest absolute Gasteiger partial charge is 0.790 e. The van der Waals surface area contributed by atoms with Crippen LogP contribution in [-0.4, -0.2) is 40.1 Å². The summed E-state index contributed by atoms with van der Waals surface area (Å²) < 4.78 is 65.8. The van der Waals surface area contributed by atoms with Crippen molar-refractivity contribution in [2.45, 2.75) is 24.6 Å². The largest absolute Gasteiger partial charge is 1.00 e. The summed E-state index contributed by atoms with van der Waals surface area (Å²) in [5, 5.41) is 0. The summed E-state index contributed by atoms with van der Waals surface area (Å²) >= 11 is 0. The third kappa shape index (κ3) is 8.08. The van der Waals surface area contributed by atoms with E-state index in [4.69, 9.17) is 18.9 Å². The summed E-state index contributed by atoms with van der Waals surface area (Å²) in [6.45, 7) is 0. The molecular formula is C18H21F2Na2O8P. The van der Waals surface area contributed by atoms with Crippen LogP contribution in [0.1, 0.15) is 12.0 Å². The first-order valence-corrected chi connectivity index (χ1v) is 9.80. The number of allylic oxidation sites excluding steroid dienone is 2. The number of hydrogen-bond donors (Lipinski definition) is 0. The van der Waals surface area contributed by atoms with Crippen LogP contribution >= 0.6 is 7.82 Å². The predicted molar refractivity (Wildman–Crippen MR) is 95.0 cm³/mol. The number of ether oxygens (including phenoxy) is 4. The molecule has 0 heterocycles. The van der Waals surface area contributed by atoms with Crippen molar-refractivity contribution >= 4 is 7.82 Å². The van der Waals surface area contributed by atoms with Gasteiger partial charge in [0.05, 0.1) is 29.2 Å². The number of benzene rings is 1. The van der Waals surface area contributed by atoms with Crippen LogP contribution in [0.15, 0.2) is 35.9 Å². The molecule has 31 heavy (non-hydrogen) atoms. The molecule has 1 aromatic carbocycles. The fourth-order valence-corrected chi connectivity index (χ4v) is 3.53. The third-order valence-corrected chi connectivity index (χ3v) is 4.79.